The number of aliphatic carboxylic acids is 2. The molecule has 4 rings (SSSR count). The largest absolute Gasteiger partial charge is 0.473 e. The van der Waals surface area contributed by atoms with E-state index in [2.05, 4.69) is 15.6 Å². The van der Waals surface area contributed by atoms with Crippen molar-refractivity contribution in [1.29, 1.82) is 0 Å². The van der Waals surface area contributed by atoms with Gasteiger partial charge in [0.05, 0.1) is 27.9 Å². The molecule has 1 aliphatic heterocycles. The number of piperidine rings is 1. The Morgan fingerprint density at radius 1 is 1.03 bits per heavy atom. The molecule has 0 bridgehead atoms. The number of likely N-dealkylation sites (tertiary alicyclic amines) is 1. The number of hydrogen-bond donors (Lipinski definition) is 2. The summed E-state index contributed by atoms with van der Waals surface area (Å²) in [7, 11) is 0. The van der Waals surface area contributed by atoms with Gasteiger partial charge in [0.25, 0.3) is 5.91 Å². The summed E-state index contributed by atoms with van der Waals surface area (Å²) < 4.78 is 16.2. The van der Waals surface area contributed by atoms with Crippen molar-refractivity contribution in [2.24, 2.45) is 5.92 Å². The molecule has 1 amide bonds. The molecule has 0 unspecified atom stereocenters. The maximum absolute atomic E-state index is 14.0. The Hall–Kier alpha value is -3.46. The standard InChI is InChI=1S/C20H19ClFN3O.C2H2O4/c21-15-4-3-5-16(22)19(15)20(26)24-10-8-14(9-11-24)12-25-13-23-17-6-1-2-7-18(17)25;3-1(4)2(5)6/h1-7,13-14H,8-12H2;(H,3,4)(H,5,6). The van der Waals surface area contributed by atoms with Crippen LogP contribution >= 0.6 is 11.6 Å². The van der Waals surface area contributed by atoms with Gasteiger partial charge in [0.15, 0.2) is 0 Å². The predicted molar refractivity (Wildman–Crippen MR) is 115 cm³/mol. The summed E-state index contributed by atoms with van der Waals surface area (Å²) in [5.41, 5.74) is 2.10. The molecule has 3 aromatic rings. The number of imidazole rings is 1. The van der Waals surface area contributed by atoms with Crippen LogP contribution in [0.2, 0.25) is 5.02 Å². The molecule has 2 heterocycles. The summed E-state index contributed by atoms with van der Waals surface area (Å²) in [5.74, 6) is -4.06. The average Bonchev–Trinajstić information content (AvgIpc) is 3.17. The average molecular weight is 462 g/mol. The van der Waals surface area contributed by atoms with Gasteiger partial charge in [0.2, 0.25) is 0 Å². The van der Waals surface area contributed by atoms with E-state index in [9.17, 15) is 9.18 Å². The number of nitrogens with zero attached hydrogens (tertiary/aromatic N) is 3. The van der Waals surface area contributed by atoms with Crippen LogP contribution in [0.4, 0.5) is 4.39 Å². The highest BCUT2D eigenvalue weighted by molar-refractivity contribution is 6.33. The zero-order chi connectivity index (χ0) is 23.3. The highest BCUT2D eigenvalue weighted by Crippen LogP contribution is 2.26. The minimum Gasteiger partial charge on any atom is -0.473 e. The Bertz CT molecular complexity index is 1110. The van der Waals surface area contributed by atoms with Crippen LogP contribution in [0.1, 0.15) is 23.2 Å². The van der Waals surface area contributed by atoms with E-state index in [4.69, 9.17) is 31.4 Å². The third-order valence-corrected chi connectivity index (χ3v) is 5.56. The number of hydrogen-bond acceptors (Lipinski definition) is 4. The number of carboxylic acids is 2. The number of carbonyl (C=O) groups is 3. The van der Waals surface area contributed by atoms with E-state index in [0.29, 0.717) is 19.0 Å². The summed E-state index contributed by atoms with van der Waals surface area (Å²) >= 11 is 6.02. The fraction of sp³-hybridized carbons (Fsp3) is 0.273. The van der Waals surface area contributed by atoms with Crippen molar-refractivity contribution in [3.8, 4) is 0 Å². The van der Waals surface area contributed by atoms with E-state index in [0.717, 1.165) is 30.4 Å². The van der Waals surface area contributed by atoms with E-state index in [1.165, 1.54) is 12.1 Å². The molecule has 1 aliphatic rings. The third kappa shape index (κ3) is 5.42. The Labute approximate surface area is 187 Å². The van der Waals surface area contributed by atoms with Gasteiger partial charge in [-0.05, 0) is 43.0 Å². The smallest absolute Gasteiger partial charge is 0.414 e. The molecule has 32 heavy (non-hydrogen) atoms. The van der Waals surface area contributed by atoms with Crippen LogP contribution in [-0.4, -0.2) is 55.6 Å². The number of benzene rings is 2. The monoisotopic (exact) mass is 461 g/mol. The number of fused-ring (bicyclic) bond motifs is 1. The third-order valence-electron chi connectivity index (χ3n) is 5.24. The van der Waals surface area contributed by atoms with Crippen molar-refractivity contribution in [2.45, 2.75) is 19.4 Å². The van der Waals surface area contributed by atoms with Crippen molar-refractivity contribution < 1.29 is 29.0 Å². The lowest BCUT2D eigenvalue weighted by Gasteiger charge is -2.32. The van der Waals surface area contributed by atoms with Gasteiger partial charge in [-0.25, -0.2) is 19.0 Å². The van der Waals surface area contributed by atoms with Gasteiger partial charge in [-0.15, -0.1) is 0 Å². The van der Waals surface area contributed by atoms with Crippen LogP contribution in [0.3, 0.4) is 0 Å². The summed E-state index contributed by atoms with van der Waals surface area (Å²) in [4.78, 5) is 37.0. The van der Waals surface area contributed by atoms with E-state index in [1.807, 2.05) is 24.5 Å². The van der Waals surface area contributed by atoms with Crippen molar-refractivity contribution >= 4 is 40.5 Å². The summed E-state index contributed by atoms with van der Waals surface area (Å²) in [5, 5.41) is 15.0. The van der Waals surface area contributed by atoms with Gasteiger partial charge in [-0.2, -0.15) is 0 Å². The molecule has 1 fully saturated rings. The van der Waals surface area contributed by atoms with Gasteiger partial charge in [-0.1, -0.05) is 29.8 Å². The van der Waals surface area contributed by atoms with Gasteiger partial charge >= 0.3 is 11.9 Å². The number of carbonyl (C=O) groups excluding carboxylic acids is 1. The molecule has 0 aliphatic carbocycles. The first-order valence-electron chi connectivity index (χ1n) is 9.87. The minimum absolute atomic E-state index is 0.0202. The minimum atomic E-state index is -1.82. The van der Waals surface area contributed by atoms with Crippen LogP contribution in [-0.2, 0) is 16.1 Å². The van der Waals surface area contributed by atoms with Crippen molar-refractivity contribution in [1.82, 2.24) is 14.5 Å². The highest BCUT2D eigenvalue weighted by Gasteiger charge is 2.27. The van der Waals surface area contributed by atoms with Crippen LogP contribution < -0.4 is 0 Å². The maximum Gasteiger partial charge on any atom is 0.414 e. The second-order valence-electron chi connectivity index (χ2n) is 7.33. The Morgan fingerprint density at radius 2 is 1.69 bits per heavy atom. The molecule has 2 N–H and O–H groups in total. The maximum atomic E-state index is 14.0. The molecule has 0 atom stereocenters. The molecule has 8 nitrogen and oxygen atoms in total. The first-order chi connectivity index (χ1) is 15.3. The summed E-state index contributed by atoms with van der Waals surface area (Å²) in [6.07, 6.45) is 3.63. The van der Waals surface area contributed by atoms with Crippen LogP contribution in [0.5, 0.6) is 0 Å². The topological polar surface area (TPSA) is 113 Å². The van der Waals surface area contributed by atoms with Gasteiger partial charge < -0.3 is 19.7 Å². The molecule has 0 radical (unpaired) electrons. The van der Waals surface area contributed by atoms with Crippen molar-refractivity contribution in [3.63, 3.8) is 0 Å². The molecule has 0 spiro atoms. The first-order valence-corrected chi connectivity index (χ1v) is 10.2. The predicted octanol–water partition coefficient (Wildman–Crippen LogP) is 3.54. The number of para-hydroxylation sites is 2. The van der Waals surface area contributed by atoms with Gasteiger partial charge in [0.1, 0.15) is 5.82 Å². The Kier molecular flexibility index (Phi) is 7.42. The summed E-state index contributed by atoms with van der Waals surface area (Å²) in [6, 6.07) is 12.4. The van der Waals surface area contributed by atoms with E-state index in [-0.39, 0.29) is 16.5 Å². The van der Waals surface area contributed by atoms with Crippen LogP contribution in [0.15, 0.2) is 48.8 Å². The highest BCUT2D eigenvalue weighted by atomic mass is 35.5. The SMILES string of the molecule is O=C(O)C(=O)O.O=C(c1c(F)cccc1Cl)N1CCC(Cn2cnc3ccccc32)CC1. The van der Waals surface area contributed by atoms with Gasteiger partial charge in [-0.3, -0.25) is 4.79 Å². The molecule has 168 valence electrons. The Morgan fingerprint density at radius 3 is 2.31 bits per heavy atom. The second-order valence-corrected chi connectivity index (χ2v) is 7.74. The number of rotatable bonds is 3. The Balaban J connectivity index is 0.000000427. The van der Waals surface area contributed by atoms with E-state index in [1.54, 1.807) is 11.0 Å². The lowest BCUT2D eigenvalue weighted by molar-refractivity contribution is -0.159. The van der Waals surface area contributed by atoms with Crippen LogP contribution in [0.25, 0.3) is 11.0 Å². The number of carboxylic acid groups (broad SMARTS) is 2. The molecular formula is C22H21ClFN3O5. The fourth-order valence-electron chi connectivity index (χ4n) is 3.61. The molecular weight excluding hydrogens is 441 g/mol. The molecule has 1 saturated heterocycles. The van der Waals surface area contributed by atoms with Crippen LogP contribution in [0, 0.1) is 11.7 Å². The van der Waals surface area contributed by atoms with Crippen molar-refractivity contribution in [2.75, 3.05) is 13.1 Å². The zero-order valence-electron chi connectivity index (χ0n) is 16.9. The van der Waals surface area contributed by atoms with Gasteiger partial charge in [0, 0.05) is 19.6 Å². The van der Waals surface area contributed by atoms with E-state index >= 15 is 0 Å². The fourth-order valence-corrected chi connectivity index (χ4v) is 3.86. The molecule has 0 saturated carbocycles. The first kappa shape index (κ1) is 23.2. The number of halogens is 2. The number of amides is 1. The van der Waals surface area contributed by atoms with Crippen molar-refractivity contribution in [3.05, 3.63) is 65.2 Å². The lowest BCUT2D eigenvalue weighted by atomic mass is 9.96. The normalized spacial score (nSPS) is 14.0. The lowest BCUT2D eigenvalue weighted by Crippen LogP contribution is -2.39. The van der Waals surface area contributed by atoms with E-state index < -0.39 is 17.8 Å². The molecule has 10 heteroatoms. The number of aromatic nitrogens is 2. The second kappa shape index (κ2) is 10.2. The molecule has 2 aromatic carbocycles. The summed E-state index contributed by atoms with van der Waals surface area (Å²) in [6.45, 7) is 2.10. The quantitative estimate of drug-likeness (QED) is 0.577. The molecule has 1 aromatic heterocycles. The zero-order valence-corrected chi connectivity index (χ0v) is 17.7.